The Hall–Kier alpha value is -1.62. The van der Waals surface area contributed by atoms with Crippen molar-refractivity contribution in [1.82, 2.24) is 5.32 Å². The number of piperidine rings is 1. The zero-order valence-corrected chi connectivity index (χ0v) is 11.9. The molecule has 0 bridgehead atoms. The molecule has 0 spiro atoms. The predicted molar refractivity (Wildman–Crippen MR) is 77.9 cm³/mol. The highest BCUT2D eigenvalue weighted by molar-refractivity contribution is 5.77. The number of hydrogen-bond donors (Lipinski definition) is 2. The summed E-state index contributed by atoms with van der Waals surface area (Å²) in [5.74, 6) is -0.515. The van der Waals surface area contributed by atoms with Crippen LogP contribution < -0.4 is 16.0 Å². The van der Waals surface area contributed by atoms with Crippen molar-refractivity contribution in [3.8, 4) is 0 Å². The molecule has 0 aliphatic carbocycles. The fourth-order valence-corrected chi connectivity index (χ4v) is 2.70. The second kappa shape index (κ2) is 6.70. The number of anilines is 1. The van der Waals surface area contributed by atoms with Crippen molar-refractivity contribution in [2.75, 3.05) is 24.5 Å². The van der Waals surface area contributed by atoms with Crippen LogP contribution in [0.25, 0.3) is 0 Å². The molecule has 1 heterocycles. The molecule has 5 heteroatoms. The first kappa shape index (κ1) is 14.8. The topological polar surface area (TPSA) is 58.4 Å². The number of nitrogens with zero attached hydrogens (tertiary/aromatic N) is 1. The van der Waals surface area contributed by atoms with Gasteiger partial charge in [-0.1, -0.05) is 19.1 Å². The smallest absolute Gasteiger partial charge is 0.220 e. The van der Waals surface area contributed by atoms with E-state index in [9.17, 15) is 9.18 Å². The van der Waals surface area contributed by atoms with Crippen LogP contribution in [0, 0.1) is 11.7 Å². The Kier molecular flexibility index (Phi) is 4.95. The van der Waals surface area contributed by atoms with Crippen molar-refractivity contribution in [2.45, 2.75) is 26.3 Å². The monoisotopic (exact) mass is 279 g/mol. The maximum Gasteiger partial charge on any atom is 0.220 e. The molecule has 4 nitrogen and oxygen atoms in total. The van der Waals surface area contributed by atoms with E-state index in [2.05, 4.69) is 5.32 Å². The summed E-state index contributed by atoms with van der Waals surface area (Å²) in [7, 11) is 0. The molecule has 1 aromatic rings. The lowest BCUT2D eigenvalue weighted by atomic mass is 9.95. The highest BCUT2D eigenvalue weighted by atomic mass is 19.1. The lowest BCUT2D eigenvalue weighted by Gasteiger charge is -2.34. The Morgan fingerprint density at radius 1 is 1.45 bits per heavy atom. The lowest BCUT2D eigenvalue weighted by molar-refractivity contribution is -0.122. The fraction of sp³-hybridized carbons (Fsp3) is 0.533. The number of carbonyl (C=O) groups is 1. The fourth-order valence-electron chi connectivity index (χ4n) is 2.70. The first-order valence-corrected chi connectivity index (χ1v) is 7.15. The van der Waals surface area contributed by atoms with Gasteiger partial charge < -0.3 is 16.0 Å². The van der Waals surface area contributed by atoms with Crippen LogP contribution in [-0.2, 0) is 11.3 Å². The quantitative estimate of drug-likeness (QED) is 0.861. The zero-order valence-electron chi connectivity index (χ0n) is 11.9. The number of nitrogens with two attached hydrogens (primary N) is 1. The third-order valence-corrected chi connectivity index (χ3v) is 3.85. The van der Waals surface area contributed by atoms with Crippen molar-refractivity contribution in [1.29, 1.82) is 0 Å². The van der Waals surface area contributed by atoms with E-state index in [4.69, 9.17) is 5.73 Å². The van der Waals surface area contributed by atoms with E-state index in [0.29, 0.717) is 38.2 Å². The summed E-state index contributed by atoms with van der Waals surface area (Å²) in [6.45, 7) is 4.87. The van der Waals surface area contributed by atoms with Gasteiger partial charge in [-0.25, -0.2) is 4.39 Å². The van der Waals surface area contributed by atoms with Gasteiger partial charge in [-0.2, -0.15) is 0 Å². The van der Waals surface area contributed by atoms with Crippen LogP contribution in [-0.4, -0.2) is 25.5 Å². The minimum atomic E-state index is -0.244. The van der Waals surface area contributed by atoms with Crippen LogP contribution in [0.1, 0.15) is 25.3 Å². The van der Waals surface area contributed by atoms with E-state index in [1.54, 1.807) is 6.07 Å². The van der Waals surface area contributed by atoms with Gasteiger partial charge in [0.15, 0.2) is 0 Å². The Labute approximate surface area is 119 Å². The molecule has 1 saturated heterocycles. The highest BCUT2D eigenvalue weighted by Gasteiger charge is 2.25. The molecule has 2 rings (SSSR count). The van der Waals surface area contributed by atoms with E-state index < -0.39 is 0 Å². The predicted octanol–water partition coefficient (Wildman–Crippen LogP) is 1.64. The van der Waals surface area contributed by atoms with Gasteiger partial charge in [-0.05, 0) is 31.0 Å². The number of para-hydroxylation sites is 1. The second-order valence-corrected chi connectivity index (χ2v) is 5.19. The van der Waals surface area contributed by atoms with Crippen molar-refractivity contribution in [3.05, 3.63) is 29.6 Å². The Morgan fingerprint density at radius 2 is 2.15 bits per heavy atom. The number of halogens is 1. The van der Waals surface area contributed by atoms with E-state index in [-0.39, 0.29) is 17.6 Å². The van der Waals surface area contributed by atoms with Crippen LogP contribution >= 0.6 is 0 Å². The third-order valence-electron chi connectivity index (χ3n) is 3.85. The minimum Gasteiger partial charge on any atom is -0.369 e. The van der Waals surface area contributed by atoms with Crippen LogP contribution in [0.4, 0.5) is 10.1 Å². The molecule has 0 radical (unpaired) electrons. The molecule has 0 unspecified atom stereocenters. The van der Waals surface area contributed by atoms with Crippen molar-refractivity contribution >= 4 is 11.6 Å². The summed E-state index contributed by atoms with van der Waals surface area (Å²) >= 11 is 0. The SMILES string of the molecule is CCNCc1cccc(F)c1N1CCC(C(N)=O)CC1. The molecule has 1 aliphatic heterocycles. The summed E-state index contributed by atoms with van der Waals surface area (Å²) in [6, 6.07) is 5.17. The van der Waals surface area contributed by atoms with Crippen LogP contribution in [0.15, 0.2) is 18.2 Å². The summed E-state index contributed by atoms with van der Waals surface area (Å²) in [6.07, 6.45) is 1.40. The molecular weight excluding hydrogens is 257 g/mol. The Bertz CT molecular complexity index is 470. The van der Waals surface area contributed by atoms with Crippen molar-refractivity contribution < 1.29 is 9.18 Å². The number of nitrogens with one attached hydrogen (secondary N) is 1. The van der Waals surface area contributed by atoms with E-state index in [1.165, 1.54) is 6.07 Å². The molecule has 3 N–H and O–H groups in total. The van der Waals surface area contributed by atoms with Crippen molar-refractivity contribution in [2.24, 2.45) is 11.7 Å². The van der Waals surface area contributed by atoms with E-state index in [0.717, 1.165) is 12.1 Å². The van der Waals surface area contributed by atoms with Crippen LogP contribution in [0.3, 0.4) is 0 Å². The first-order chi connectivity index (χ1) is 9.63. The van der Waals surface area contributed by atoms with Gasteiger partial charge in [0.2, 0.25) is 5.91 Å². The van der Waals surface area contributed by atoms with Gasteiger partial charge >= 0.3 is 0 Å². The maximum atomic E-state index is 14.2. The normalized spacial score (nSPS) is 16.4. The summed E-state index contributed by atoms with van der Waals surface area (Å²) in [4.78, 5) is 13.2. The largest absolute Gasteiger partial charge is 0.369 e. The summed E-state index contributed by atoms with van der Waals surface area (Å²) in [5, 5.41) is 3.23. The van der Waals surface area contributed by atoms with Gasteiger partial charge in [0.05, 0.1) is 5.69 Å². The Morgan fingerprint density at radius 3 is 2.75 bits per heavy atom. The van der Waals surface area contributed by atoms with E-state index in [1.807, 2.05) is 17.9 Å². The zero-order chi connectivity index (χ0) is 14.5. The number of amides is 1. The molecule has 0 saturated carbocycles. The number of primary amides is 1. The first-order valence-electron chi connectivity index (χ1n) is 7.15. The number of hydrogen-bond acceptors (Lipinski definition) is 3. The van der Waals surface area contributed by atoms with Gasteiger partial charge in [0, 0.05) is 25.6 Å². The Balaban J connectivity index is 2.14. The lowest BCUT2D eigenvalue weighted by Crippen LogP contribution is -2.39. The molecule has 1 fully saturated rings. The average molecular weight is 279 g/mol. The summed E-state index contributed by atoms with van der Waals surface area (Å²) in [5.41, 5.74) is 6.96. The molecular formula is C15H22FN3O. The van der Waals surface area contributed by atoms with Gasteiger partial charge in [-0.15, -0.1) is 0 Å². The molecule has 0 atom stereocenters. The average Bonchev–Trinajstić information content (AvgIpc) is 2.45. The molecule has 110 valence electrons. The molecule has 1 aliphatic rings. The van der Waals surface area contributed by atoms with E-state index >= 15 is 0 Å². The van der Waals surface area contributed by atoms with Crippen molar-refractivity contribution in [3.63, 3.8) is 0 Å². The van der Waals surface area contributed by atoms with Gasteiger partial charge in [-0.3, -0.25) is 4.79 Å². The second-order valence-electron chi connectivity index (χ2n) is 5.19. The number of carbonyl (C=O) groups excluding carboxylic acids is 1. The summed E-state index contributed by atoms with van der Waals surface area (Å²) < 4.78 is 14.2. The molecule has 1 aromatic carbocycles. The van der Waals surface area contributed by atoms with Crippen LogP contribution in [0.5, 0.6) is 0 Å². The van der Waals surface area contributed by atoms with Gasteiger partial charge in [0.1, 0.15) is 5.82 Å². The highest BCUT2D eigenvalue weighted by Crippen LogP contribution is 2.29. The maximum absolute atomic E-state index is 14.2. The standard InChI is InChI=1S/C15H22FN3O/c1-2-18-10-12-4-3-5-13(16)14(12)19-8-6-11(7-9-19)15(17)20/h3-5,11,18H,2,6-10H2,1H3,(H2,17,20). The van der Waals surface area contributed by atoms with Gasteiger partial charge in [0.25, 0.3) is 0 Å². The molecule has 1 amide bonds. The van der Waals surface area contributed by atoms with Crippen LogP contribution in [0.2, 0.25) is 0 Å². The minimum absolute atomic E-state index is 0.0739. The molecule has 0 aromatic heterocycles. The molecule has 20 heavy (non-hydrogen) atoms. The third kappa shape index (κ3) is 3.28. The number of benzene rings is 1. The number of rotatable bonds is 5.